The highest BCUT2D eigenvalue weighted by molar-refractivity contribution is 5.74. The molecule has 0 unspecified atom stereocenters. The van der Waals surface area contributed by atoms with Crippen LogP contribution in [0.15, 0.2) is 30.3 Å². The van der Waals surface area contributed by atoms with Gasteiger partial charge in [-0.05, 0) is 19.2 Å². The minimum Gasteiger partial charge on any atom is -0.480 e. The van der Waals surface area contributed by atoms with Crippen molar-refractivity contribution >= 4 is 11.7 Å². The van der Waals surface area contributed by atoms with E-state index >= 15 is 0 Å². The number of anilines is 1. The van der Waals surface area contributed by atoms with E-state index in [-0.39, 0.29) is 0 Å². The molecule has 1 atom stereocenters. The topological polar surface area (TPSA) is 52.6 Å². The lowest BCUT2D eigenvalue weighted by atomic mass is 10.2. The molecule has 0 heterocycles. The Hall–Kier alpha value is -1.55. The van der Waals surface area contributed by atoms with Crippen LogP contribution in [0, 0.1) is 0 Å². The van der Waals surface area contributed by atoms with Gasteiger partial charge in [-0.2, -0.15) is 0 Å². The zero-order chi connectivity index (χ0) is 11.3. The van der Waals surface area contributed by atoms with Gasteiger partial charge in [0.15, 0.2) is 0 Å². The molecule has 0 bridgehead atoms. The highest BCUT2D eigenvalue weighted by Crippen LogP contribution is 2.10. The summed E-state index contributed by atoms with van der Waals surface area (Å²) in [6.07, 6.45) is 0. The number of para-hydroxylation sites is 1. The van der Waals surface area contributed by atoms with Gasteiger partial charge in [0, 0.05) is 19.3 Å². The predicted molar refractivity (Wildman–Crippen MR) is 60.2 cm³/mol. The molecule has 15 heavy (non-hydrogen) atoms. The Morgan fingerprint density at radius 2 is 2.07 bits per heavy atom. The van der Waals surface area contributed by atoms with E-state index in [0.717, 1.165) is 5.69 Å². The van der Waals surface area contributed by atoms with Crippen molar-refractivity contribution in [2.45, 2.75) is 6.04 Å². The normalized spacial score (nSPS) is 12.1. The van der Waals surface area contributed by atoms with Gasteiger partial charge in [0.25, 0.3) is 0 Å². The van der Waals surface area contributed by atoms with Gasteiger partial charge in [-0.1, -0.05) is 18.2 Å². The number of rotatable bonds is 5. The molecular formula is C11H16N2O2. The Morgan fingerprint density at radius 1 is 1.47 bits per heavy atom. The van der Waals surface area contributed by atoms with E-state index < -0.39 is 12.0 Å². The number of hydrogen-bond donors (Lipinski definition) is 2. The molecule has 0 fully saturated rings. The zero-order valence-corrected chi connectivity index (χ0v) is 8.97. The average molecular weight is 208 g/mol. The summed E-state index contributed by atoms with van der Waals surface area (Å²) in [5.74, 6) is -0.833. The molecule has 2 N–H and O–H groups in total. The fourth-order valence-electron chi connectivity index (χ4n) is 1.35. The minimum absolute atomic E-state index is 0.440. The van der Waals surface area contributed by atoms with E-state index in [4.69, 9.17) is 5.11 Å². The number of benzene rings is 1. The van der Waals surface area contributed by atoms with E-state index in [0.29, 0.717) is 6.54 Å². The number of aliphatic carboxylic acids is 1. The fraction of sp³-hybridized carbons (Fsp3) is 0.364. The van der Waals surface area contributed by atoms with Gasteiger partial charge in [-0.25, -0.2) is 0 Å². The lowest BCUT2D eigenvalue weighted by Gasteiger charge is -2.22. The highest BCUT2D eigenvalue weighted by Gasteiger charge is 2.16. The van der Waals surface area contributed by atoms with Crippen LogP contribution in [0.4, 0.5) is 5.69 Å². The van der Waals surface area contributed by atoms with E-state index in [1.807, 2.05) is 42.3 Å². The van der Waals surface area contributed by atoms with Crippen molar-refractivity contribution in [3.63, 3.8) is 0 Å². The second kappa shape index (κ2) is 5.36. The van der Waals surface area contributed by atoms with Crippen LogP contribution in [0.2, 0.25) is 0 Å². The quantitative estimate of drug-likeness (QED) is 0.751. The lowest BCUT2D eigenvalue weighted by Crippen LogP contribution is -2.43. The number of carbonyl (C=O) groups is 1. The summed E-state index contributed by atoms with van der Waals surface area (Å²) in [6.45, 7) is 0.440. The molecule has 1 aromatic carbocycles. The Kier molecular flexibility index (Phi) is 4.12. The van der Waals surface area contributed by atoms with Gasteiger partial charge in [-0.3, -0.25) is 4.79 Å². The summed E-state index contributed by atoms with van der Waals surface area (Å²) in [4.78, 5) is 12.7. The van der Waals surface area contributed by atoms with Crippen molar-refractivity contribution in [2.75, 3.05) is 25.5 Å². The van der Waals surface area contributed by atoms with Crippen molar-refractivity contribution in [3.8, 4) is 0 Å². The van der Waals surface area contributed by atoms with Gasteiger partial charge in [0.05, 0.1) is 0 Å². The smallest absolute Gasteiger partial charge is 0.322 e. The number of likely N-dealkylation sites (N-methyl/N-ethyl adjacent to an activating group) is 2. The third-order valence-corrected chi connectivity index (χ3v) is 2.30. The van der Waals surface area contributed by atoms with Gasteiger partial charge in [0.1, 0.15) is 6.04 Å². The van der Waals surface area contributed by atoms with Gasteiger partial charge in [-0.15, -0.1) is 0 Å². The Morgan fingerprint density at radius 3 is 2.53 bits per heavy atom. The molecule has 4 heteroatoms. The average Bonchev–Trinajstić information content (AvgIpc) is 2.26. The number of nitrogens with one attached hydrogen (secondary N) is 1. The molecule has 82 valence electrons. The monoisotopic (exact) mass is 208 g/mol. The van der Waals surface area contributed by atoms with E-state index in [1.165, 1.54) is 0 Å². The molecule has 0 aromatic heterocycles. The first-order valence-corrected chi connectivity index (χ1v) is 4.81. The summed E-state index contributed by atoms with van der Waals surface area (Å²) in [6, 6.07) is 9.16. The van der Waals surface area contributed by atoms with Crippen molar-refractivity contribution in [1.82, 2.24) is 5.32 Å². The van der Waals surface area contributed by atoms with Gasteiger partial charge >= 0.3 is 5.97 Å². The maximum atomic E-state index is 10.8. The zero-order valence-electron chi connectivity index (χ0n) is 8.97. The molecule has 0 aliphatic carbocycles. The molecule has 0 radical (unpaired) electrons. The van der Waals surface area contributed by atoms with E-state index in [9.17, 15) is 4.79 Å². The molecule has 0 amide bonds. The fourth-order valence-corrected chi connectivity index (χ4v) is 1.35. The maximum Gasteiger partial charge on any atom is 0.322 e. The van der Waals surface area contributed by atoms with Crippen LogP contribution in [-0.2, 0) is 4.79 Å². The summed E-state index contributed by atoms with van der Waals surface area (Å²) >= 11 is 0. The highest BCUT2D eigenvalue weighted by atomic mass is 16.4. The molecular weight excluding hydrogens is 192 g/mol. The third-order valence-electron chi connectivity index (χ3n) is 2.30. The van der Waals surface area contributed by atoms with E-state index in [1.54, 1.807) is 7.05 Å². The number of carboxylic acid groups (broad SMARTS) is 1. The summed E-state index contributed by atoms with van der Waals surface area (Å²) in [5, 5.41) is 11.6. The molecule has 1 aromatic rings. The maximum absolute atomic E-state index is 10.8. The molecule has 4 nitrogen and oxygen atoms in total. The lowest BCUT2D eigenvalue weighted by molar-refractivity contribution is -0.139. The summed E-state index contributed by atoms with van der Waals surface area (Å²) in [5.41, 5.74) is 1.01. The molecule has 0 aliphatic rings. The standard InChI is InChI=1S/C11H16N2O2/c1-12-10(11(14)15)8-13(2)9-6-4-3-5-7-9/h3-7,10,12H,8H2,1-2H3,(H,14,15)/t10-/m0/s1. The second-order valence-corrected chi connectivity index (χ2v) is 3.40. The van der Waals surface area contributed by atoms with E-state index in [2.05, 4.69) is 5.32 Å². The molecule has 0 spiro atoms. The summed E-state index contributed by atoms with van der Waals surface area (Å²) < 4.78 is 0. The van der Waals surface area contributed by atoms with Crippen LogP contribution < -0.4 is 10.2 Å². The van der Waals surface area contributed by atoms with Crippen LogP contribution in [-0.4, -0.2) is 37.8 Å². The molecule has 1 rings (SSSR count). The Balaban J connectivity index is 2.62. The third kappa shape index (κ3) is 3.25. The Bertz CT molecular complexity index is 314. The number of hydrogen-bond acceptors (Lipinski definition) is 3. The first-order valence-electron chi connectivity index (χ1n) is 4.81. The van der Waals surface area contributed by atoms with Crippen molar-refractivity contribution in [3.05, 3.63) is 30.3 Å². The molecule has 0 aliphatic heterocycles. The number of nitrogens with zero attached hydrogens (tertiary/aromatic N) is 1. The van der Waals surface area contributed by atoms with Gasteiger partial charge < -0.3 is 15.3 Å². The van der Waals surface area contributed by atoms with Gasteiger partial charge in [0.2, 0.25) is 0 Å². The second-order valence-electron chi connectivity index (χ2n) is 3.40. The van der Waals surface area contributed by atoms with Crippen LogP contribution in [0.3, 0.4) is 0 Å². The molecule has 0 saturated heterocycles. The van der Waals surface area contributed by atoms with Crippen molar-refractivity contribution < 1.29 is 9.90 Å². The first kappa shape index (κ1) is 11.5. The van der Waals surface area contributed by atoms with Crippen molar-refractivity contribution in [1.29, 1.82) is 0 Å². The first-order chi connectivity index (χ1) is 7.15. The predicted octanol–water partition coefficient (Wildman–Crippen LogP) is 0.795. The van der Waals surface area contributed by atoms with Crippen molar-refractivity contribution in [2.24, 2.45) is 0 Å². The largest absolute Gasteiger partial charge is 0.480 e. The van der Waals surface area contributed by atoms with Crippen LogP contribution in [0.5, 0.6) is 0 Å². The van der Waals surface area contributed by atoms with Crippen LogP contribution in [0.1, 0.15) is 0 Å². The number of carboxylic acids is 1. The minimum atomic E-state index is -0.833. The molecule has 0 saturated carbocycles. The summed E-state index contributed by atoms with van der Waals surface area (Å²) in [7, 11) is 3.53. The Labute approximate surface area is 89.5 Å². The van der Waals surface area contributed by atoms with Crippen LogP contribution in [0.25, 0.3) is 0 Å². The SMILES string of the molecule is CN[C@@H](CN(C)c1ccccc1)C(=O)O. The van der Waals surface area contributed by atoms with Crippen LogP contribution >= 0.6 is 0 Å².